The van der Waals surface area contributed by atoms with E-state index >= 15 is 0 Å². The van der Waals surface area contributed by atoms with Gasteiger partial charge in [-0.25, -0.2) is 4.39 Å². The van der Waals surface area contributed by atoms with Gasteiger partial charge in [-0.3, -0.25) is 4.79 Å². The van der Waals surface area contributed by atoms with Crippen LogP contribution in [-0.4, -0.2) is 43.4 Å². The molecule has 21 heavy (non-hydrogen) atoms. The van der Waals surface area contributed by atoms with Crippen LogP contribution < -0.4 is 15.4 Å². The summed E-state index contributed by atoms with van der Waals surface area (Å²) < 4.78 is 18.0. The average Bonchev–Trinajstić information content (AvgIpc) is 2.92. The number of hydrogen-bond acceptors (Lipinski definition) is 4. The number of rotatable bonds is 6. The standard InChI is InChI=1S/C15H21FN2O3/c1-15(6-7-17-10-15)14(20)18-8-12(19)9-21-13-4-2-11(16)3-5-13/h2-5,12,17,19H,6-10H2,1H3,(H,18,20). The summed E-state index contributed by atoms with van der Waals surface area (Å²) in [4.78, 5) is 12.0. The Bertz CT molecular complexity index is 472. The van der Waals surface area contributed by atoms with Crippen molar-refractivity contribution in [1.29, 1.82) is 0 Å². The summed E-state index contributed by atoms with van der Waals surface area (Å²) in [6, 6.07) is 5.56. The van der Waals surface area contributed by atoms with E-state index in [9.17, 15) is 14.3 Å². The fraction of sp³-hybridized carbons (Fsp3) is 0.533. The molecular weight excluding hydrogens is 275 g/mol. The van der Waals surface area contributed by atoms with E-state index in [2.05, 4.69) is 10.6 Å². The molecule has 0 aliphatic carbocycles. The largest absolute Gasteiger partial charge is 0.491 e. The molecular formula is C15H21FN2O3. The van der Waals surface area contributed by atoms with E-state index < -0.39 is 11.5 Å². The minimum Gasteiger partial charge on any atom is -0.491 e. The molecule has 1 heterocycles. The highest BCUT2D eigenvalue weighted by molar-refractivity contribution is 5.82. The van der Waals surface area contributed by atoms with Crippen LogP contribution in [0.3, 0.4) is 0 Å². The van der Waals surface area contributed by atoms with Crippen LogP contribution in [0.15, 0.2) is 24.3 Å². The average molecular weight is 296 g/mol. The molecule has 0 spiro atoms. The van der Waals surface area contributed by atoms with Gasteiger partial charge in [0.1, 0.15) is 24.3 Å². The molecule has 1 fully saturated rings. The fourth-order valence-electron chi connectivity index (χ4n) is 2.22. The number of halogens is 1. The van der Waals surface area contributed by atoms with Crippen LogP contribution in [0.25, 0.3) is 0 Å². The maximum absolute atomic E-state index is 12.7. The van der Waals surface area contributed by atoms with Gasteiger partial charge in [-0.05, 0) is 44.2 Å². The third-order valence-corrected chi connectivity index (χ3v) is 3.67. The Hall–Kier alpha value is -1.66. The molecule has 0 aromatic heterocycles. The second kappa shape index (κ2) is 6.87. The summed E-state index contributed by atoms with van der Waals surface area (Å²) in [6.45, 7) is 3.57. The number of benzene rings is 1. The second-order valence-corrected chi connectivity index (χ2v) is 5.62. The van der Waals surface area contributed by atoms with E-state index in [1.54, 1.807) is 0 Å². The van der Waals surface area contributed by atoms with Gasteiger partial charge < -0.3 is 20.5 Å². The van der Waals surface area contributed by atoms with Crippen LogP contribution in [0.5, 0.6) is 5.75 Å². The monoisotopic (exact) mass is 296 g/mol. The first-order chi connectivity index (χ1) is 9.99. The number of amides is 1. The molecule has 6 heteroatoms. The Labute approximate surface area is 123 Å². The molecule has 116 valence electrons. The zero-order valence-electron chi connectivity index (χ0n) is 12.1. The highest BCUT2D eigenvalue weighted by atomic mass is 19.1. The van der Waals surface area contributed by atoms with Crippen molar-refractivity contribution < 1.29 is 19.0 Å². The molecule has 1 aliphatic rings. The van der Waals surface area contributed by atoms with Gasteiger partial charge in [-0.15, -0.1) is 0 Å². The fourth-order valence-corrected chi connectivity index (χ4v) is 2.22. The van der Waals surface area contributed by atoms with Crippen molar-refractivity contribution in [3.8, 4) is 5.75 Å². The summed E-state index contributed by atoms with van der Waals surface area (Å²) in [5.74, 6) is 0.0793. The molecule has 2 unspecified atom stereocenters. The molecule has 1 saturated heterocycles. The zero-order chi connectivity index (χ0) is 15.3. The van der Waals surface area contributed by atoms with Crippen LogP contribution >= 0.6 is 0 Å². The third kappa shape index (κ3) is 4.41. The van der Waals surface area contributed by atoms with Gasteiger partial charge >= 0.3 is 0 Å². The van der Waals surface area contributed by atoms with Gasteiger partial charge in [0.25, 0.3) is 0 Å². The number of aliphatic hydroxyl groups is 1. The van der Waals surface area contributed by atoms with Crippen molar-refractivity contribution in [2.24, 2.45) is 5.41 Å². The van der Waals surface area contributed by atoms with Crippen molar-refractivity contribution in [3.63, 3.8) is 0 Å². The van der Waals surface area contributed by atoms with Gasteiger partial charge in [0.05, 0.1) is 5.41 Å². The van der Waals surface area contributed by atoms with E-state index in [0.717, 1.165) is 13.0 Å². The van der Waals surface area contributed by atoms with Crippen molar-refractivity contribution in [2.45, 2.75) is 19.4 Å². The summed E-state index contributed by atoms with van der Waals surface area (Å²) in [5.41, 5.74) is -0.405. The summed E-state index contributed by atoms with van der Waals surface area (Å²) >= 11 is 0. The lowest BCUT2D eigenvalue weighted by atomic mass is 9.89. The van der Waals surface area contributed by atoms with Crippen LogP contribution in [0.4, 0.5) is 4.39 Å². The van der Waals surface area contributed by atoms with Crippen molar-refractivity contribution in [2.75, 3.05) is 26.2 Å². The quantitative estimate of drug-likeness (QED) is 0.722. The third-order valence-electron chi connectivity index (χ3n) is 3.67. The second-order valence-electron chi connectivity index (χ2n) is 5.62. The Morgan fingerprint density at radius 3 is 2.86 bits per heavy atom. The van der Waals surface area contributed by atoms with Crippen molar-refractivity contribution in [3.05, 3.63) is 30.1 Å². The summed E-state index contributed by atoms with van der Waals surface area (Å²) in [6.07, 6.45) is -0.0157. The van der Waals surface area contributed by atoms with E-state index in [1.165, 1.54) is 24.3 Å². The lowest BCUT2D eigenvalue weighted by molar-refractivity contribution is -0.129. The SMILES string of the molecule is CC1(C(=O)NCC(O)COc2ccc(F)cc2)CCNC1. The van der Waals surface area contributed by atoms with Gasteiger partial charge in [0, 0.05) is 13.1 Å². The van der Waals surface area contributed by atoms with Crippen LogP contribution in [0, 0.1) is 11.2 Å². The lowest BCUT2D eigenvalue weighted by Crippen LogP contribution is -2.44. The summed E-state index contributed by atoms with van der Waals surface area (Å²) in [5, 5.41) is 15.7. The van der Waals surface area contributed by atoms with Crippen LogP contribution in [0.1, 0.15) is 13.3 Å². The molecule has 3 N–H and O–H groups in total. The first-order valence-corrected chi connectivity index (χ1v) is 7.05. The maximum atomic E-state index is 12.7. The Morgan fingerprint density at radius 2 is 2.24 bits per heavy atom. The van der Waals surface area contributed by atoms with Crippen molar-refractivity contribution in [1.82, 2.24) is 10.6 Å². The number of nitrogens with one attached hydrogen (secondary N) is 2. The van der Waals surface area contributed by atoms with E-state index in [1.807, 2.05) is 6.92 Å². The molecule has 0 radical (unpaired) electrons. The minimum absolute atomic E-state index is 0.0425. The van der Waals surface area contributed by atoms with Gasteiger partial charge in [-0.1, -0.05) is 0 Å². The zero-order valence-corrected chi connectivity index (χ0v) is 12.1. The van der Waals surface area contributed by atoms with Gasteiger partial charge in [-0.2, -0.15) is 0 Å². The Morgan fingerprint density at radius 1 is 1.52 bits per heavy atom. The molecule has 1 amide bonds. The van der Waals surface area contributed by atoms with E-state index in [0.29, 0.717) is 12.3 Å². The molecule has 5 nitrogen and oxygen atoms in total. The number of ether oxygens (including phenoxy) is 1. The van der Waals surface area contributed by atoms with Crippen LogP contribution in [-0.2, 0) is 4.79 Å². The molecule has 0 bridgehead atoms. The van der Waals surface area contributed by atoms with Gasteiger partial charge in [0.15, 0.2) is 0 Å². The molecule has 1 aromatic rings. The Kier molecular flexibility index (Phi) is 5.14. The van der Waals surface area contributed by atoms with Gasteiger partial charge in [0.2, 0.25) is 5.91 Å². The first-order valence-electron chi connectivity index (χ1n) is 7.05. The summed E-state index contributed by atoms with van der Waals surface area (Å²) in [7, 11) is 0. The maximum Gasteiger partial charge on any atom is 0.227 e. The normalized spacial score (nSPS) is 22.8. The predicted molar refractivity (Wildman–Crippen MR) is 76.5 cm³/mol. The molecule has 2 rings (SSSR count). The smallest absolute Gasteiger partial charge is 0.227 e. The first kappa shape index (κ1) is 15.7. The Balaban J connectivity index is 1.71. The topological polar surface area (TPSA) is 70.6 Å². The molecule has 2 atom stereocenters. The number of carbonyl (C=O) groups is 1. The molecule has 1 aromatic carbocycles. The minimum atomic E-state index is -0.808. The van der Waals surface area contributed by atoms with E-state index in [-0.39, 0.29) is 24.9 Å². The number of carbonyl (C=O) groups excluding carboxylic acids is 1. The molecule has 0 saturated carbocycles. The van der Waals surface area contributed by atoms with Crippen LogP contribution in [0.2, 0.25) is 0 Å². The highest BCUT2D eigenvalue weighted by Gasteiger charge is 2.36. The predicted octanol–water partition coefficient (Wildman–Crippen LogP) is 0.681. The molecule has 1 aliphatic heterocycles. The highest BCUT2D eigenvalue weighted by Crippen LogP contribution is 2.24. The van der Waals surface area contributed by atoms with E-state index in [4.69, 9.17) is 4.74 Å². The van der Waals surface area contributed by atoms with Crippen molar-refractivity contribution >= 4 is 5.91 Å². The number of aliphatic hydroxyl groups excluding tert-OH is 1. The lowest BCUT2D eigenvalue weighted by Gasteiger charge is -2.22. The number of hydrogen-bond donors (Lipinski definition) is 3.